The number of piperidine rings is 1. The van der Waals surface area contributed by atoms with Gasteiger partial charge in [-0.1, -0.05) is 42.5 Å². The molecule has 0 aliphatic carbocycles. The SMILES string of the molecule is O=C(/C=C/C=C/c1cc[c]cc1)N1CCCCC1. The molecule has 1 saturated heterocycles. The molecule has 0 atom stereocenters. The van der Waals surface area contributed by atoms with Gasteiger partial charge in [0.25, 0.3) is 0 Å². The van der Waals surface area contributed by atoms with Crippen molar-refractivity contribution >= 4 is 12.0 Å². The highest BCUT2D eigenvalue weighted by Crippen LogP contribution is 2.09. The molecule has 1 aromatic rings. The number of nitrogens with zero attached hydrogens (tertiary/aromatic N) is 1. The van der Waals surface area contributed by atoms with Crippen LogP contribution in [0.2, 0.25) is 0 Å². The van der Waals surface area contributed by atoms with Crippen LogP contribution >= 0.6 is 0 Å². The predicted octanol–water partition coefficient (Wildman–Crippen LogP) is 3.07. The van der Waals surface area contributed by atoms with Gasteiger partial charge in [0.05, 0.1) is 0 Å². The van der Waals surface area contributed by atoms with Gasteiger partial charge in [-0.3, -0.25) is 4.79 Å². The van der Waals surface area contributed by atoms with Gasteiger partial charge in [-0.25, -0.2) is 0 Å². The summed E-state index contributed by atoms with van der Waals surface area (Å²) in [6, 6.07) is 10.7. The summed E-state index contributed by atoms with van der Waals surface area (Å²) in [5, 5.41) is 0. The van der Waals surface area contributed by atoms with Gasteiger partial charge < -0.3 is 4.90 Å². The summed E-state index contributed by atoms with van der Waals surface area (Å²) in [5.74, 6) is 0.126. The fourth-order valence-corrected chi connectivity index (χ4v) is 2.04. The van der Waals surface area contributed by atoms with Gasteiger partial charge in [-0.2, -0.15) is 0 Å². The van der Waals surface area contributed by atoms with Crippen LogP contribution in [0.15, 0.2) is 42.5 Å². The molecule has 0 bridgehead atoms. The third kappa shape index (κ3) is 3.88. The lowest BCUT2D eigenvalue weighted by molar-refractivity contribution is -0.126. The van der Waals surface area contributed by atoms with Crippen LogP contribution in [0.25, 0.3) is 6.08 Å². The molecule has 0 saturated carbocycles. The van der Waals surface area contributed by atoms with Crippen LogP contribution in [0, 0.1) is 6.07 Å². The number of allylic oxidation sites excluding steroid dienone is 2. The fraction of sp³-hybridized carbons (Fsp3) is 0.312. The minimum atomic E-state index is 0.126. The molecule has 18 heavy (non-hydrogen) atoms. The molecule has 1 aliphatic heterocycles. The zero-order chi connectivity index (χ0) is 12.6. The Labute approximate surface area is 109 Å². The second-order valence-corrected chi connectivity index (χ2v) is 4.44. The number of hydrogen-bond acceptors (Lipinski definition) is 1. The van der Waals surface area contributed by atoms with Crippen LogP contribution in [0.3, 0.4) is 0 Å². The molecule has 0 spiro atoms. The molecule has 1 aliphatic rings. The summed E-state index contributed by atoms with van der Waals surface area (Å²) in [7, 11) is 0. The highest BCUT2D eigenvalue weighted by Gasteiger charge is 2.12. The van der Waals surface area contributed by atoms with E-state index >= 15 is 0 Å². The smallest absolute Gasteiger partial charge is 0.246 e. The van der Waals surface area contributed by atoms with E-state index in [-0.39, 0.29) is 5.91 Å². The van der Waals surface area contributed by atoms with Crippen molar-refractivity contribution in [3.63, 3.8) is 0 Å². The average Bonchev–Trinajstić information content (AvgIpc) is 2.45. The fourth-order valence-electron chi connectivity index (χ4n) is 2.04. The Morgan fingerprint density at radius 3 is 2.56 bits per heavy atom. The summed E-state index contributed by atoms with van der Waals surface area (Å²) in [6.07, 6.45) is 10.9. The molecule has 0 aromatic heterocycles. The van der Waals surface area contributed by atoms with Crippen LogP contribution in [-0.4, -0.2) is 23.9 Å². The Morgan fingerprint density at radius 2 is 1.83 bits per heavy atom. The number of carbonyl (C=O) groups excluding carboxylic acids is 1. The van der Waals surface area contributed by atoms with E-state index in [1.54, 1.807) is 6.08 Å². The highest BCUT2D eigenvalue weighted by atomic mass is 16.2. The van der Waals surface area contributed by atoms with Crippen molar-refractivity contribution in [1.29, 1.82) is 0 Å². The Morgan fingerprint density at radius 1 is 1.11 bits per heavy atom. The van der Waals surface area contributed by atoms with Gasteiger partial charge in [0.1, 0.15) is 0 Å². The van der Waals surface area contributed by atoms with E-state index in [9.17, 15) is 4.79 Å². The van der Waals surface area contributed by atoms with E-state index in [1.165, 1.54) is 6.42 Å². The van der Waals surface area contributed by atoms with E-state index in [0.29, 0.717) is 0 Å². The first-order valence-electron chi connectivity index (χ1n) is 6.46. The maximum absolute atomic E-state index is 11.8. The second kappa shape index (κ2) is 6.80. The third-order valence-corrected chi connectivity index (χ3v) is 3.05. The summed E-state index contributed by atoms with van der Waals surface area (Å²) in [4.78, 5) is 13.7. The first-order chi connectivity index (χ1) is 8.86. The van der Waals surface area contributed by atoms with Crippen molar-refractivity contribution in [1.82, 2.24) is 4.90 Å². The minimum Gasteiger partial charge on any atom is -0.339 e. The van der Waals surface area contributed by atoms with Crippen molar-refractivity contribution in [2.45, 2.75) is 19.3 Å². The van der Waals surface area contributed by atoms with Gasteiger partial charge in [-0.15, -0.1) is 0 Å². The molecule has 93 valence electrons. The first-order valence-corrected chi connectivity index (χ1v) is 6.46. The van der Waals surface area contributed by atoms with Crippen molar-refractivity contribution in [3.8, 4) is 0 Å². The zero-order valence-corrected chi connectivity index (χ0v) is 10.5. The van der Waals surface area contributed by atoms with E-state index in [0.717, 1.165) is 31.5 Å². The van der Waals surface area contributed by atoms with Gasteiger partial charge in [0.2, 0.25) is 5.91 Å². The number of hydrogen-bond donors (Lipinski definition) is 0. The predicted molar refractivity (Wildman–Crippen MR) is 73.9 cm³/mol. The lowest BCUT2D eigenvalue weighted by Crippen LogP contribution is -2.34. The Kier molecular flexibility index (Phi) is 4.77. The van der Waals surface area contributed by atoms with Gasteiger partial charge >= 0.3 is 0 Å². The molecule has 1 amide bonds. The van der Waals surface area contributed by atoms with Crippen LogP contribution in [-0.2, 0) is 4.79 Å². The molecular formula is C16H18NO. The Bertz CT molecular complexity index is 428. The first kappa shape index (κ1) is 12.6. The van der Waals surface area contributed by atoms with Gasteiger partial charge in [0.15, 0.2) is 0 Å². The Balaban J connectivity index is 1.83. The lowest BCUT2D eigenvalue weighted by Gasteiger charge is -2.25. The van der Waals surface area contributed by atoms with E-state index in [4.69, 9.17) is 0 Å². The standard InChI is InChI=1S/C16H18NO/c18-16(17-13-7-2-8-14-17)12-6-5-11-15-9-3-1-4-10-15/h3-6,9-12H,2,7-8,13-14H2/b11-5+,12-6+. The number of rotatable bonds is 3. The van der Waals surface area contributed by atoms with E-state index in [2.05, 4.69) is 6.07 Å². The average molecular weight is 240 g/mol. The number of benzene rings is 1. The second-order valence-electron chi connectivity index (χ2n) is 4.44. The summed E-state index contributed by atoms with van der Waals surface area (Å²) in [6.45, 7) is 1.81. The molecule has 2 nitrogen and oxygen atoms in total. The van der Waals surface area contributed by atoms with Crippen LogP contribution < -0.4 is 0 Å². The van der Waals surface area contributed by atoms with Crippen molar-refractivity contribution < 1.29 is 4.79 Å². The maximum atomic E-state index is 11.8. The highest BCUT2D eigenvalue weighted by molar-refractivity contribution is 5.88. The molecule has 0 unspecified atom stereocenters. The third-order valence-electron chi connectivity index (χ3n) is 3.05. The molecule has 1 aromatic carbocycles. The lowest BCUT2D eigenvalue weighted by atomic mass is 10.1. The molecule has 1 heterocycles. The van der Waals surface area contributed by atoms with Crippen LogP contribution in [0.5, 0.6) is 0 Å². The monoisotopic (exact) mass is 240 g/mol. The van der Waals surface area contributed by atoms with Crippen molar-refractivity contribution in [2.24, 2.45) is 0 Å². The minimum absolute atomic E-state index is 0.126. The quantitative estimate of drug-likeness (QED) is 0.587. The Hall–Kier alpha value is -1.83. The van der Waals surface area contributed by atoms with Crippen LogP contribution in [0.4, 0.5) is 0 Å². The molecule has 1 radical (unpaired) electrons. The molecule has 2 rings (SSSR count). The van der Waals surface area contributed by atoms with Crippen molar-refractivity contribution in [2.75, 3.05) is 13.1 Å². The normalized spacial score (nSPS) is 16.6. The maximum Gasteiger partial charge on any atom is 0.246 e. The molecule has 0 N–H and O–H groups in total. The summed E-state index contributed by atoms with van der Waals surface area (Å²) >= 11 is 0. The molecule has 1 fully saturated rings. The van der Waals surface area contributed by atoms with E-state index in [1.807, 2.05) is 47.4 Å². The van der Waals surface area contributed by atoms with E-state index < -0.39 is 0 Å². The summed E-state index contributed by atoms with van der Waals surface area (Å²) in [5.41, 5.74) is 1.11. The van der Waals surface area contributed by atoms with Gasteiger partial charge in [0, 0.05) is 19.2 Å². The number of carbonyl (C=O) groups is 1. The molecular weight excluding hydrogens is 222 g/mol. The van der Waals surface area contributed by atoms with Gasteiger partial charge in [-0.05, 0) is 30.9 Å². The number of amides is 1. The number of likely N-dealkylation sites (tertiary alicyclic amines) is 1. The molecule has 2 heteroatoms. The van der Waals surface area contributed by atoms with Crippen LogP contribution in [0.1, 0.15) is 24.8 Å². The zero-order valence-electron chi connectivity index (χ0n) is 10.5. The topological polar surface area (TPSA) is 20.3 Å². The summed E-state index contributed by atoms with van der Waals surface area (Å²) < 4.78 is 0. The largest absolute Gasteiger partial charge is 0.339 e. The van der Waals surface area contributed by atoms with Crippen molar-refractivity contribution in [3.05, 3.63) is 54.1 Å².